The van der Waals surface area contributed by atoms with Gasteiger partial charge in [0, 0.05) is 25.9 Å². The Bertz CT molecular complexity index is 461. The number of hydrogen-bond acceptors (Lipinski definition) is 4. The lowest BCUT2D eigenvalue weighted by atomic mass is 9.96. The molecule has 1 unspecified atom stereocenters. The highest BCUT2D eigenvalue weighted by Gasteiger charge is 2.23. The SMILES string of the molecule is COCC(O)CN1CCCc2c(C(=O)O)cccc21. The molecular formula is C14H19NO4. The number of methoxy groups -OCH3 is 1. The normalized spacial score (nSPS) is 16.0. The number of β-amino-alcohol motifs (C(OH)–C–C–N with tert-alkyl or cyclic N) is 1. The van der Waals surface area contributed by atoms with Crippen LogP contribution in [0.2, 0.25) is 0 Å². The van der Waals surface area contributed by atoms with Gasteiger partial charge in [-0.3, -0.25) is 0 Å². The number of aromatic carboxylic acids is 1. The lowest BCUT2D eigenvalue weighted by Gasteiger charge is -2.33. The van der Waals surface area contributed by atoms with Gasteiger partial charge < -0.3 is 19.8 Å². The molecule has 1 aromatic carbocycles. The first kappa shape index (κ1) is 13.8. The van der Waals surface area contributed by atoms with E-state index in [0.717, 1.165) is 30.6 Å². The molecule has 1 aromatic rings. The average Bonchev–Trinajstić information content (AvgIpc) is 2.38. The van der Waals surface area contributed by atoms with Crippen LogP contribution in [-0.2, 0) is 11.2 Å². The molecule has 0 saturated heterocycles. The van der Waals surface area contributed by atoms with E-state index in [1.165, 1.54) is 0 Å². The Morgan fingerprint density at radius 3 is 3.00 bits per heavy atom. The van der Waals surface area contributed by atoms with Gasteiger partial charge in [0.2, 0.25) is 0 Å². The number of benzene rings is 1. The molecule has 0 bridgehead atoms. The molecule has 1 heterocycles. The topological polar surface area (TPSA) is 70.0 Å². The zero-order chi connectivity index (χ0) is 13.8. The van der Waals surface area contributed by atoms with E-state index >= 15 is 0 Å². The number of nitrogens with zero attached hydrogens (tertiary/aromatic N) is 1. The van der Waals surface area contributed by atoms with Gasteiger partial charge in [0.1, 0.15) is 0 Å². The average molecular weight is 265 g/mol. The van der Waals surface area contributed by atoms with Gasteiger partial charge in [0.25, 0.3) is 0 Å². The molecule has 2 N–H and O–H groups in total. The van der Waals surface area contributed by atoms with Gasteiger partial charge in [-0.2, -0.15) is 0 Å². The van der Waals surface area contributed by atoms with Gasteiger partial charge in [-0.1, -0.05) is 6.07 Å². The van der Waals surface area contributed by atoms with Crippen molar-refractivity contribution in [1.82, 2.24) is 0 Å². The summed E-state index contributed by atoms with van der Waals surface area (Å²) in [4.78, 5) is 13.3. The molecule has 19 heavy (non-hydrogen) atoms. The summed E-state index contributed by atoms with van der Waals surface area (Å²) in [6, 6.07) is 5.31. The second-order valence-electron chi connectivity index (χ2n) is 4.77. The minimum absolute atomic E-state index is 0.282. The van der Waals surface area contributed by atoms with E-state index in [4.69, 9.17) is 4.74 Å². The summed E-state index contributed by atoms with van der Waals surface area (Å²) >= 11 is 0. The zero-order valence-electron chi connectivity index (χ0n) is 11.0. The number of carboxylic acids is 1. The van der Waals surface area contributed by atoms with Crippen molar-refractivity contribution in [3.05, 3.63) is 29.3 Å². The number of aliphatic hydroxyl groups excluding tert-OH is 1. The largest absolute Gasteiger partial charge is 0.478 e. The van der Waals surface area contributed by atoms with E-state index in [1.54, 1.807) is 19.2 Å². The number of carboxylic acid groups (broad SMARTS) is 1. The number of fused-ring (bicyclic) bond motifs is 1. The summed E-state index contributed by atoms with van der Waals surface area (Å²) in [7, 11) is 1.55. The fraction of sp³-hybridized carbons (Fsp3) is 0.500. The first-order valence-corrected chi connectivity index (χ1v) is 6.40. The first-order valence-electron chi connectivity index (χ1n) is 6.40. The minimum Gasteiger partial charge on any atom is -0.478 e. The maximum atomic E-state index is 11.2. The van der Waals surface area contributed by atoms with Gasteiger partial charge in [-0.25, -0.2) is 4.79 Å². The Hall–Kier alpha value is -1.59. The van der Waals surface area contributed by atoms with Crippen LogP contribution in [0.15, 0.2) is 18.2 Å². The molecule has 5 heteroatoms. The fourth-order valence-corrected chi connectivity index (χ4v) is 2.59. The number of anilines is 1. The van der Waals surface area contributed by atoms with Crippen LogP contribution >= 0.6 is 0 Å². The second kappa shape index (κ2) is 6.04. The van der Waals surface area contributed by atoms with Crippen LogP contribution in [0.1, 0.15) is 22.3 Å². The van der Waals surface area contributed by atoms with Crippen LogP contribution in [0.3, 0.4) is 0 Å². The summed E-state index contributed by atoms with van der Waals surface area (Å²) in [5, 5.41) is 19.0. The molecule has 1 aliphatic heterocycles. The molecule has 0 saturated carbocycles. The molecule has 1 atom stereocenters. The number of ether oxygens (including phenoxy) is 1. The third-order valence-corrected chi connectivity index (χ3v) is 3.37. The van der Waals surface area contributed by atoms with Crippen molar-refractivity contribution >= 4 is 11.7 Å². The number of aliphatic hydroxyl groups is 1. The molecule has 5 nitrogen and oxygen atoms in total. The number of carbonyl (C=O) groups is 1. The Morgan fingerprint density at radius 1 is 1.53 bits per heavy atom. The van der Waals surface area contributed by atoms with Crippen molar-refractivity contribution in [2.75, 3.05) is 31.7 Å². The van der Waals surface area contributed by atoms with E-state index in [2.05, 4.69) is 0 Å². The molecular weight excluding hydrogens is 246 g/mol. The van der Waals surface area contributed by atoms with E-state index in [1.807, 2.05) is 11.0 Å². The molecule has 0 aromatic heterocycles. The second-order valence-corrected chi connectivity index (χ2v) is 4.77. The van der Waals surface area contributed by atoms with Gasteiger partial charge in [0.05, 0.1) is 18.3 Å². The standard InChI is InChI=1S/C14H19NO4/c1-19-9-10(16)8-15-7-3-5-11-12(14(17)18)4-2-6-13(11)15/h2,4,6,10,16H,3,5,7-9H2,1H3,(H,17,18). The van der Waals surface area contributed by atoms with Crippen molar-refractivity contribution in [1.29, 1.82) is 0 Å². The lowest BCUT2D eigenvalue weighted by Crippen LogP contribution is -2.38. The molecule has 0 fully saturated rings. The maximum absolute atomic E-state index is 11.2. The summed E-state index contributed by atoms with van der Waals surface area (Å²) in [5.74, 6) is -0.892. The van der Waals surface area contributed by atoms with Crippen molar-refractivity contribution < 1.29 is 19.7 Å². The Labute approximate surface area is 112 Å². The van der Waals surface area contributed by atoms with E-state index in [9.17, 15) is 15.0 Å². The maximum Gasteiger partial charge on any atom is 0.336 e. The number of rotatable bonds is 5. The first-order chi connectivity index (χ1) is 9.13. The Balaban J connectivity index is 2.24. The molecule has 1 aliphatic rings. The molecule has 2 rings (SSSR count). The van der Waals surface area contributed by atoms with E-state index in [0.29, 0.717) is 12.1 Å². The monoisotopic (exact) mass is 265 g/mol. The third-order valence-electron chi connectivity index (χ3n) is 3.37. The molecule has 104 valence electrons. The highest BCUT2D eigenvalue weighted by molar-refractivity contribution is 5.91. The quantitative estimate of drug-likeness (QED) is 0.835. The van der Waals surface area contributed by atoms with Crippen molar-refractivity contribution in [2.24, 2.45) is 0 Å². The summed E-state index contributed by atoms with van der Waals surface area (Å²) in [5.41, 5.74) is 2.15. The Kier molecular flexibility index (Phi) is 4.39. The van der Waals surface area contributed by atoms with Crippen LogP contribution < -0.4 is 4.90 Å². The van der Waals surface area contributed by atoms with Crippen LogP contribution in [0.5, 0.6) is 0 Å². The fourth-order valence-electron chi connectivity index (χ4n) is 2.59. The van der Waals surface area contributed by atoms with Gasteiger partial charge in [0.15, 0.2) is 0 Å². The highest BCUT2D eigenvalue weighted by atomic mass is 16.5. The van der Waals surface area contributed by atoms with Crippen LogP contribution in [0.4, 0.5) is 5.69 Å². The van der Waals surface area contributed by atoms with Crippen LogP contribution in [0.25, 0.3) is 0 Å². The van der Waals surface area contributed by atoms with E-state index in [-0.39, 0.29) is 6.61 Å². The van der Waals surface area contributed by atoms with Gasteiger partial charge in [-0.15, -0.1) is 0 Å². The van der Waals surface area contributed by atoms with Crippen molar-refractivity contribution in [3.8, 4) is 0 Å². The van der Waals surface area contributed by atoms with Crippen molar-refractivity contribution in [2.45, 2.75) is 18.9 Å². The smallest absolute Gasteiger partial charge is 0.336 e. The molecule has 0 spiro atoms. The number of hydrogen-bond donors (Lipinski definition) is 2. The van der Waals surface area contributed by atoms with Gasteiger partial charge >= 0.3 is 5.97 Å². The predicted molar refractivity (Wildman–Crippen MR) is 71.8 cm³/mol. The lowest BCUT2D eigenvalue weighted by molar-refractivity contribution is 0.0685. The summed E-state index contributed by atoms with van der Waals surface area (Å²) in [6.07, 6.45) is 1.11. The molecule has 0 radical (unpaired) electrons. The molecule has 0 aliphatic carbocycles. The predicted octanol–water partition coefficient (Wildman–Crippen LogP) is 1.14. The van der Waals surface area contributed by atoms with Gasteiger partial charge in [-0.05, 0) is 30.5 Å². The Morgan fingerprint density at radius 2 is 2.32 bits per heavy atom. The molecule has 0 amide bonds. The highest BCUT2D eigenvalue weighted by Crippen LogP contribution is 2.30. The van der Waals surface area contributed by atoms with Crippen molar-refractivity contribution in [3.63, 3.8) is 0 Å². The van der Waals surface area contributed by atoms with E-state index < -0.39 is 12.1 Å². The van der Waals surface area contributed by atoms with Crippen LogP contribution in [0, 0.1) is 0 Å². The van der Waals surface area contributed by atoms with Crippen LogP contribution in [-0.4, -0.2) is 49.1 Å². The summed E-state index contributed by atoms with van der Waals surface area (Å²) < 4.78 is 4.92. The minimum atomic E-state index is -0.892. The summed E-state index contributed by atoms with van der Waals surface area (Å²) in [6.45, 7) is 1.57. The third kappa shape index (κ3) is 3.05. The zero-order valence-corrected chi connectivity index (χ0v) is 11.0.